The number of hydrogen-bond donors (Lipinski definition) is 2. The smallest absolute Gasteiger partial charge is 0.251 e. The second kappa shape index (κ2) is 6.61. The summed E-state index contributed by atoms with van der Waals surface area (Å²) in [7, 11) is 0. The van der Waals surface area contributed by atoms with Gasteiger partial charge in [-0.3, -0.25) is 9.63 Å². The molecule has 120 valence electrons. The van der Waals surface area contributed by atoms with Crippen molar-refractivity contribution in [2.24, 2.45) is 11.8 Å². The summed E-state index contributed by atoms with van der Waals surface area (Å²) in [6.07, 6.45) is 6.39. The van der Waals surface area contributed by atoms with Gasteiger partial charge in [-0.15, -0.1) is 0 Å². The van der Waals surface area contributed by atoms with Crippen molar-refractivity contribution >= 4 is 5.91 Å². The molecule has 3 fully saturated rings. The summed E-state index contributed by atoms with van der Waals surface area (Å²) in [6.45, 7) is 2.13. The van der Waals surface area contributed by atoms with E-state index in [1.165, 1.54) is 19.3 Å². The highest BCUT2D eigenvalue weighted by atomic mass is 19.1. The Morgan fingerprint density at radius 1 is 1.19 bits per heavy atom. The molecule has 1 heterocycles. The van der Waals surface area contributed by atoms with Gasteiger partial charge in [-0.05, 0) is 38.0 Å². The van der Waals surface area contributed by atoms with E-state index in [0.29, 0.717) is 18.8 Å². The number of alkyl halides is 1. The van der Waals surface area contributed by atoms with E-state index in [-0.39, 0.29) is 23.9 Å². The van der Waals surface area contributed by atoms with Crippen LogP contribution >= 0.6 is 0 Å². The number of carbonyl (C=O) groups excluding carboxylic acids is 1. The van der Waals surface area contributed by atoms with E-state index in [9.17, 15) is 9.18 Å². The summed E-state index contributed by atoms with van der Waals surface area (Å²) in [5, 5.41) is 3.08. The van der Waals surface area contributed by atoms with Crippen LogP contribution in [0.15, 0.2) is 0 Å². The van der Waals surface area contributed by atoms with Crippen LogP contribution in [0.5, 0.6) is 0 Å². The van der Waals surface area contributed by atoms with Gasteiger partial charge >= 0.3 is 0 Å². The largest absolute Gasteiger partial charge is 0.351 e. The molecule has 21 heavy (non-hydrogen) atoms. The van der Waals surface area contributed by atoms with Crippen molar-refractivity contribution in [2.45, 2.75) is 82.6 Å². The van der Waals surface area contributed by atoms with Gasteiger partial charge in [0.1, 0.15) is 6.17 Å². The molecule has 3 rings (SSSR count). The molecule has 1 saturated heterocycles. The minimum Gasteiger partial charge on any atom is -0.351 e. The molecule has 2 saturated carbocycles. The van der Waals surface area contributed by atoms with E-state index in [4.69, 9.17) is 4.84 Å². The van der Waals surface area contributed by atoms with E-state index in [2.05, 4.69) is 17.7 Å². The first kappa shape index (κ1) is 15.2. The molecule has 0 aromatic carbocycles. The molecule has 3 aliphatic rings. The molecule has 2 aliphatic carbocycles. The number of fused-ring (bicyclic) bond motifs is 1. The van der Waals surface area contributed by atoms with Crippen LogP contribution in [0.3, 0.4) is 0 Å². The standard InChI is InChI=1S/C16H27FN2O2/c1-10-7-8-13(17)12-9-14(21-19-15(10)12)16(20)18-11-5-3-2-4-6-11/h10-15,19H,2-9H2,1H3,(H,18,20). The molecule has 1 aliphatic heterocycles. The second-order valence-corrected chi connectivity index (χ2v) is 7.06. The number of amides is 1. The first-order valence-electron chi connectivity index (χ1n) is 8.51. The zero-order valence-electron chi connectivity index (χ0n) is 12.8. The Bertz CT molecular complexity index is 373. The van der Waals surface area contributed by atoms with Gasteiger partial charge in [0.15, 0.2) is 6.10 Å². The van der Waals surface area contributed by atoms with Gasteiger partial charge in [-0.1, -0.05) is 26.2 Å². The molecule has 0 aromatic heterocycles. The highest BCUT2D eigenvalue weighted by Gasteiger charge is 2.44. The van der Waals surface area contributed by atoms with Crippen molar-refractivity contribution in [3.63, 3.8) is 0 Å². The topological polar surface area (TPSA) is 50.4 Å². The van der Waals surface area contributed by atoms with Crippen LogP contribution in [0.2, 0.25) is 0 Å². The Kier molecular flexibility index (Phi) is 4.79. The number of rotatable bonds is 2. The molecule has 0 radical (unpaired) electrons. The lowest BCUT2D eigenvalue weighted by Crippen LogP contribution is -2.58. The van der Waals surface area contributed by atoms with Crippen LogP contribution in [0.4, 0.5) is 4.39 Å². The third-order valence-corrected chi connectivity index (χ3v) is 5.51. The number of hydrogen-bond acceptors (Lipinski definition) is 3. The first-order chi connectivity index (χ1) is 10.1. The molecule has 1 amide bonds. The Morgan fingerprint density at radius 2 is 1.95 bits per heavy atom. The number of nitrogens with one attached hydrogen (secondary N) is 2. The maximum atomic E-state index is 14.2. The maximum Gasteiger partial charge on any atom is 0.251 e. The van der Waals surface area contributed by atoms with Crippen molar-refractivity contribution in [3.8, 4) is 0 Å². The summed E-state index contributed by atoms with van der Waals surface area (Å²) in [5.74, 6) is 0.243. The lowest BCUT2D eigenvalue weighted by Gasteiger charge is -2.44. The van der Waals surface area contributed by atoms with Crippen LogP contribution in [0.1, 0.15) is 58.3 Å². The molecule has 0 bridgehead atoms. The zero-order valence-corrected chi connectivity index (χ0v) is 12.8. The van der Waals surface area contributed by atoms with Crippen molar-refractivity contribution < 1.29 is 14.0 Å². The highest BCUT2D eigenvalue weighted by molar-refractivity contribution is 5.81. The summed E-state index contributed by atoms with van der Waals surface area (Å²) >= 11 is 0. The zero-order chi connectivity index (χ0) is 14.8. The Labute approximate surface area is 126 Å². The summed E-state index contributed by atoms with van der Waals surface area (Å²) < 4.78 is 14.2. The third-order valence-electron chi connectivity index (χ3n) is 5.51. The summed E-state index contributed by atoms with van der Waals surface area (Å²) in [6, 6.07) is 0.325. The number of carbonyl (C=O) groups is 1. The van der Waals surface area contributed by atoms with Crippen molar-refractivity contribution in [2.75, 3.05) is 0 Å². The lowest BCUT2D eigenvalue weighted by molar-refractivity contribution is -0.164. The molecule has 5 heteroatoms. The Morgan fingerprint density at radius 3 is 2.71 bits per heavy atom. The minimum absolute atomic E-state index is 0.0486. The van der Waals surface area contributed by atoms with Gasteiger partial charge in [0.2, 0.25) is 0 Å². The predicted molar refractivity (Wildman–Crippen MR) is 78.2 cm³/mol. The maximum absolute atomic E-state index is 14.2. The summed E-state index contributed by atoms with van der Waals surface area (Å²) in [4.78, 5) is 17.9. The fraction of sp³-hybridized carbons (Fsp3) is 0.938. The van der Waals surface area contributed by atoms with Gasteiger partial charge in [0.25, 0.3) is 5.91 Å². The van der Waals surface area contributed by atoms with Crippen LogP contribution in [-0.2, 0) is 9.63 Å². The molecule has 4 nitrogen and oxygen atoms in total. The average Bonchev–Trinajstić information content (AvgIpc) is 2.52. The monoisotopic (exact) mass is 298 g/mol. The molecular weight excluding hydrogens is 271 g/mol. The lowest BCUT2D eigenvalue weighted by atomic mass is 9.74. The van der Waals surface area contributed by atoms with Crippen LogP contribution in [0, 0.1) is 11.8 Å². The van der Waals surface area contributed by atoms with Gasteiger partial charge < -0.3 is 5.32 Å². The van der Waals surface area contributed by atoms with Crippen molar-refractivity contribution in [3.05, 3.63) is 0 Å². The van der Waals surface area contributed by atoms with Gasteiger partial charge in [0.05, 0.1) is 0 Å². The predicted octanol–water partition coefficient (Wildman–Crippen LogP) is 2.48. The van der Waals surface area contributed by atoms with E-state index in [0.717, 1.165) is 19.3 Å². The molecule has 5 unspecified atom stereocenters. The van der Waals surface area contributed by atoms with Gasteiger partial charge in [-0.2, -0.15) is 5.48 Å². The Balaban J connectivity index is 1.55. The minimum atomic E-state index is -0.812. The fourth-order valence-corrected chi connectivity index (χ4v) is 4.12. The highest BCUT2D eigenvalue weighted by Crippen LogP contribution is 2.37. The normalized spacial score (nSPS) is 41.3. The SMILES string of the molecule is CC1CCC(F)C2CC(C(=O)NC3CCCCC3)ONC12. The number of hydroxylamine groups is 1. The van der Waals surface area contributed by atoms with Crippen LogP contribution < -0.4 is 10.8 Å². The van der Waals surface area contributed by atoms with Crippen molar-refractivity contribution in [1.82, 2.24) is 10.8 Å². The Hall–Kier alpha value is -0.680. The number of halogens is 1. The average molecular weight is 298 g/mol. The molecule has 0 spiro atoms. The molecule has 0 aromatic rings. The molecule has 2 N–H and O–H groups in total. The second-order valence-electron chi connectivity index (χ2n) is 7.06. The van der Waals surface area contributed by atoms with Crippen molar-refractivity contribution in [1.29, 1.82) is 0 Å². The summed E-state index contributed by atoms with van der Waals surface area (Å²) in [5.41, 5.74) is 2.97. The third kappa shape index (κ3) is 3.39. The van der Waals surface area contributed by atoms with E-state index in [1.54, 1.807) is 0 Å². The van der Waals surface area contributed by atoms with Gasteiger partial charge in [-0.25, -0.2) is 4.39 Å². The first-order valence-corrected chi connectivity index (χ1v) is 8.51. The van der Waals surface area contributed by atoms with Crippen LogP contribution in [0.25, 0.3) is 0 Å². The molecule has 5 atom stereocenters. The van der Waals surface area contributed by atoms with E-state index >= 15 is 0 Å². The fourth-order valence-electron chi connectivity index (χ4n) is 4.12. The van der Waals surface area contributed by atoms with E-state index < -0.39 is 12.3 Å². The van der Waals surface area contributed by atoms with E-state index in [1.807, 2.05) is 0 Å². The van der Waals surface area contributed by atoms with Gasteiger partial charge in [0, 0.05) is 18.0 Å². The quantitative estimate of drug-likeness (QED) is 0.823. The van der Waals surface area contributed by atoms with Crippen LogP contribution in [-0.4, -0.2) is 30.3 Å². The molecular formula is C16H27FN2O2.